The minimum atomic E-state index is -0.287. The second kappa shape index (κ2) is 8.40. The van der Waals surface area contributed by atoms with Crippen LogP contribution in [0.4, 0.5) is 8.78 Å². The highest BCUT2D eigenvalue weighted by Crippen LogP contribution is 2.30. The molecule has 1 amide bonds. The number of hydrogen-bond donors (Lipinski definition) is 0. The molecule has 30 heavy (non-hydrogen) atoms. The molecule has 2 heterocycles. The number of amides is 1. The van der Waals surface area contributed by atoms with Crippen molar-refractivity contribution in [3.63, 3.8) is 0 Å². The molecule has 2 aromatic carbocycles. The van der Waals surface area contributed by atoms with E-state index in [0.29, 0.717) is 31.9 Å². The van der Waals surface area contributed by atoms with Crippen LogP contribution in [0.15, 0.2) is 60.7 Å². The Morgan fingerprint density at radius 1 is 0.800 bits per heavy atom. The van der Waals surface area contributed by atoms with Crippen LogP contribution in [0.3, 0.4) is 0 Å². The predicted molar refractivity (Wildman–Crippen MR) is 112 cm³/mol. The van der Waals surface area contributed by atoms with Crippen LogP contribution in [0.5, 0.6) is 0 Å². The Balaban J connectivity index is 1.54. The highest BCUT2D eigenvalue weighted by atomic mass is 19.1. The van der Waals surface area contributed by atoms with E-state index in [1.54, 1.807) is 24.3 Å². The monoisotopic (exact) mass is 409 g/mol. The molecule has 1 fully saturated rings. The zero-order chi connectivity index (χ0) is 21.3. The Labute approximate surface area is 175 Å². The van der Waals surface area contributed by atoms with Crippen molar-refractivity contribution >= 4 is 5.91 Å². The first kappa shape index (κ1) is 20.3. The largest absolute Gasteiger partial charge is 0.344 e. The quantitative estimate of drug-likeness (QED) is 0.647. The summed E-state index contributed by atoms with van der Waals surface area (Å²) < 4.78 is 28.9. The Morgan fingerprint density at radius 2 is 1.30 bits per heavy atom. The Bertz CT molecular complexity index is 974. The zero-order valence-electron chi connectivity index (χ0n) is 17.2. The Hall–Kier alpha value is -2.99. The number of nitrogens with zero attached hydrogens (tertiary/aromatic N) is 3. The van der Waals surface area contributed by atoms with Crippen LogP contribution in [0.2, 0.25) is 0 Å². The fourth-order valence-corrected chi connectivity index (χ4v) is 4.08. The molecule has 1 aliphatic heterocycles. The van der Waals surface area contributed by atoms with Crippen molar-refractivity contribution in [1.82, 2.24) is 14.4 Å². The van der Waals surface area contributed by atoms with E-state index >= 15 is 0 Å². The summed E-state index contributed by atoms with van der Waals surface area (Å²) in [7, 11) is 1.90. The fourth-order valence-electron chi connectivity index (χ4n) is 4.08. The van der Waals surface area contributed by atoms with Gasteiger partial charge in [-0.15, -0.1) is 0 Å². The van der Waals surface area contributed by atoms with Crippen LogP contribution in [0.25, 0.3) is 0 Å². The Kier molecular flexibility index (Phi) is 5.68. The standard InChI is InChI=1S/C24H25F2N3O/c1-17-3-12-22(27(17)2)24(30)29-15-13-28(14-16-29)23(18-4-8-20(25)9-5-18)19-6-10-21(26)11-7-19/h3-12,23H,13-16H2,1-2H3. The van der Waals surface area contributed by atoms with Crippen LogP contribution >= 0.6 is 0 Å². The zero-order valence-corrected chi connectivity index (χ0v) is 17.2. The van der Waals surface area contributed by atoms with Crippen LogP contribution in [0.1, 0.15) is 33.4 Å². The molecule has 0 saturated carbocycles. The highest BCUT2D eigenvalue weighted by Gasteiger charge is 2.29. The van der Waals surface area contributed by atoms with Crippen LogP contribution in [-0.4, -0.2) is 46.5 Å². The molecule has 1 aliphatic rings. The van der Waals surface area contributed by atoms with Crippen molar-refractivity contribution in [2.45, 2.75) is 13.0 Å². The molecule has 4 nitrogen and oxygen atoms in total. The van der Waals surface area contributed by atoms with Crippen LogP contribution in [0, 0.1) is 18.6 Å². The van der Waals surface area contributed by atoms with Gasteiger partial charge in [0, 0.05) is 38.9 Å². The lowest BCUT2D eigenvalue weighted by molar-refractivity contribution is 0.0588. The molecular weight excluding hydrogens is 384 g/mol. The molecule has 6 heteroatoms. The lowest BCUT2D eigenvalue weighted by atomic mass is 9.96. The van der Waals surface area contributed by atoms with Gasteiger partial charge in [-0.05, 0) is 54.4 Å². The smallest absolute Gasteiger partial charge is 0.270 e. The van der Waals surface area contributed by atoms with E-state index in [4.69, 9.17) is 0 Å². The maximum absolute atomic E-state index is 13.5. The molecule has 0 atom stereocenters. The third kappa shape index (κ3) is 4.00. The fraction of sp³-hybridized carbons (Fsp3) is 0.292. The molecule has 0 N–H and O–H groups in total. The van der Waals surface area contributed by atoms with E-state index < -0.39 is 0 Å². The summed E-state index contributed by atoms with van der Waals surface area (Å²) in [6.45, 7) is 4.53. The van der Waals surface area contributed by atoms with Crippen molar-refractivity contribution < 1.29 is 13.6 Å². The molecule has 0 bridgehead atoms. The molecule has 0 unspecified atom stereocenters. The number of benzene rings is 2. The number of rotatable bonds is 4. The van der Waals surface area contributed by atoms with Crippen molar-refractivity contribution in [2.75, 3.05) is 26.2 Å². The number of carbonyl (C=O) groups excluding carboxylic acids is 1. The van der Waals surface area contributed by atoms with Gasteiger partial charge in [0.1, 0.15) is 17.3 Å². The minimum Gasteiger partial charge on any atom is -0.344 e. The summed E-state index contributed by atoms with van der Waals surface area (Å²) in [6, 6.07) is 16.6. The van der Waals surface area contributed by atoms with Crippen molar-refractivity contribution in [3.05, 3.63) is 94.8 Å². The molecule has 156 valence electrons. The van der Waals surface area contributed by atoms with Gasteiger partial charge in [0.25, 0.3) is 5.91 Å². The Morgan fingerprint density at radius 3 is 1.73 bits per heavy atom. The predicted octanol–water partition coefficient (Wildman–Crippen LogP) is 4.16. The topological polar surface area (TPSA) is 28.5 Å². The van der Waals surface area contributed by atoms with Gasteiger partial charge in [-0.2, -0.15) is 0 Å². The maximum atomic E-state index is 13.5. The van der Waals surface area contributed by atoms with E-state index in [1.165, 1.54) is 24.3 Å². The first-order valence-corrected chi connectivity index (χ1v) is 10.1. The summed E-state index contributed by atoms with van der Waals surface area (Å²) >= 11 is 0. The number of piperazine rings is 1. The van der Waals surface area contributed by atoms with Gasteiger partial charge in [-0.1, -0.05) is 24.3 Å². The molecule has 3 aromatic rings. The first-order chi connectivity index (χ1) is 14.4. The average molecular weight is 409 g/mol. The highest BCUT2D eigenvalue weighted by molar-refractivity contribution is 5.93. The second-order valence-electron chi connectivity index (χ2n) is 7.75. The molecule has 0 radical (unpaired) electrons. The van der Waals surface area contributed by atoms with E-state index in [0.717, 1.165) is 16.8 Å². The van der Waals surface area contributed by atoms with Crippen LogP contribution < -0.4 is 0 Å². The lowest BCUT2D eigenvalue weighted by Crippen LogP contribution is -2.50. The molecular formula is C24H25F2N3O. The van der Waals surface area contributed by atoms with Crippen molar-refractivity contribution in [2.24, 2.45) is 7.05 Å². The number of halogens is 2. The molecule has 0 spiro atoms. The molecule has 4 rings (SSSR count). The normalized spacial score (nSPS) is 15.0. The molecule has 1 aromatic heterocycles. The molecule has 1 saturated heterocycles. The SMILES string of the molecule is Cc1ccc(C(=O)N2CCN(C(c3ccc(F)cc3)c3ccc(F)cc3)CC2)n1C. The summed E-state index contributed by atoms with van der Waals surface area (Å²) in [5, 5.41) is 0. The summed E-state index contributed by atoms with van der Waals surface area (Å²) in [5.74, 6) is -0.542. The average Bonchev–Trinajstić information content (AvgIpc) is 3.09. The summed E-state index contributed by atoms with van der Waals surface area (Å²) in [4.78, 5) is 17.1. The van der Waals surface area contributed by atoms with Gasteiger partial charge in [-0.25, -0.2) is 8.78 Å². The molecule has 0 aliphatic carbocycles. The maximum Gasteiger partial charge on any atom is 0.270 e. The van der Waals surface area contributed by atoms with E-state index in [1.807, 2.05) is 35.6 Å². The second-order valence-corrected chi connectivity index (χ2v) is 7.75. The van der Waals surface area contributed by atoms with E-state index in [9.17, 15) is 13.6 Å². The van der Waals surface area contributed by atoms with Gasteiger partial charge in [-0.3, -0.25) is 9.69 Å². The van der Waals surface area contributed by atoms with Gasteiger partial charge in [0.15, 0.2) is 0 Å². The third-order valence-corrected chi connectivity index (χ3v) is 5.93. The summed E-state index contributed by atoms with van der Waals surface area (Å²) in [5.41, 5.74) is 3.63. The number of carbonyl (C=O) groups is 1. The van der Waals surface area contributed by atoms with Crippen molar-refractivity contribution in [1.29, 1.82) is 0 Å². The number of aryl methyl sites for hydroxylation is 1. The van der Waals surface area contributed by atoms with Gasteiger partial charge >= 0.3 is 0 Å². The minimum absolute atomic E-state index is 0.0327. The number of aromatic nitrogens is 1. The number of hydrogen-bond acceptors (Lipinski definition) is 2. The third-order valence-electron chi connectivity index (χ3n) is 5.93. The van der Waals surface area contributed by atoms with Gasteiger partial charge < -0.3 is 9.47 Å². The summed E-state index contributed by atoms with van der Waals surface area (Å²) in [6.07, 6.45) is 0. The van der Waals surface area contributed by atoms with Crippen molar-refractivity contribution in [3.8, 4) is 0 Å². The van der Waals surface area contributed by atoms with Crippen LogP contribution in [-0.2, 0) is 7.05 Å². The van der Waals surface area contributed by atoms with Gasteiger partial charge in [0.2, 0.25) is 0 Å². The first-order valence-electron chi connectivity index (χ1n) is 10.1. The lowest BCUT2D eigenvalue weighted by Gasteiger charge is -2.39. The van der Waals surface area contributed by atoms with Gasteiger partial charge in [0.05, 0.1) is 6.04 Å². The van der Waals surface area contributed by atoms with E-state index in [2.05, 4.69) is 4.90 Å². The van der Waals surface area contributed by atoms with E-state index in [-0.39, 0.29) is 23.6 Å².